The first-order valence-electron chi connectivity index (χ1n) is 9.00. The number of amides is 1. The minimum atomic E-state index is -0.279. The van der Waals surface area contributed by atoms with Gasteiger partial charge in [-0.05, 0) is 29.0 Å². The molecule has 4 aromatic rings. The number of rotatable bonds is 7. The van der Waals surface area contributed by atoms with E-state index < -0.39 is 0 Å². The smallest absolute Gasteiger partial charge is 0.266 e. The number of nitrogens with one attached hydrogen (secondary N) is 1. The summed E-state index contributed by atoms with van der Waals surface area (Å²) in [7, 11) is 0. The van der Waals surface area contributed by atoms with Crippen molar-refractivity contribution < 1.29 is 9.53 Å². The van der Waals surface area contributed by atoms with Crippen molar-refractivity contribution in [3.8, 4) is 11.6 Å². The van der Waals surface area contributed by atoms with Crippen LogP contribution in [0.15, 0.2) is 72.0 Å². The van der Waals surface area contributed by atoms with Crippen molar-refractivity contribution in [3.05, 3.63) is 77.6 Å². The number of hydrogen-bond donors (Lipinski definition) is 1. The summed E-state index contributed by atoms with van der Waals surface area (Å²) in [5.74, 6) is 0.809. The quantitative estimate of drug-likeness (QED) is 0.508. The molecule has 0 spiro atoms. The number of aromatic nitrogens is 5. The third kappa shape index (κ3) is 4.46. The van der Waals surface area contributed by atoms with Crippen molar-refractivity contribution >= 4 is 16.7 Å². The van der Waals surface area contributed by atoms with Crippen molar-refractivity contribution in [1.29, 1.82) is 0 Å². The first kappa shape index (κ1) is 18.4. The van der Waals surface area contributed by atoms with Gasteiger partial charge in [-0.15, -0.1) is 5.10 Å². The Bertz CT molecular complexity index is 1190. The lowest BCUT2D eigenvalue weighted by molar-refractivity contribution is -0.123. The van der Waals surface area contributed by atoms with Crippen LogP contribution in [-0.4, -0.2) is 43.6 Å². The normalized spacial score (nSPS) is 10.8. The van der Waals surface area contributed by atoms with Crippen molar-refractivity contribution in [2.24, 2.45) is 0 Å². The molecule has 0 bridgehead atoms. The van der Waals surface area contributed by atoms with Crippen LogP contribution in [0, 0.1) is 0 Å². The summed E-state index contributed by atoms with van der Waals surface area (Å²) in [6, 6.07) is 16.5. The highest BCUT2D eigenvalue weighted by Crippen LogP contribution is 2.20. The molecule has 0 fully saturated rings. The highest BCUT2D eigenvalue weighted by Gasteiger charge is 2.06. The van der Waals surface area contributed by atoms with Crippen LogP contribution in [0.5, 0.6) is 5.75 Å². The number of ether oxygens (including phenoxy) is 1. The molecule has 146 valence electrons. The average Bonchev–Trinajstić information content (AvgIpc) is 3.28. The summed E-state index contributed by atoms with van der Waals surface area (Å²) in [4.78, 5) is 27.8. The Kier molecular flexibility index (Phi) is 5.28. The zero-order chi connectivity index (χ0) is 20.1. The molecule has 4 rings (SSSR count). The number of carbonyl (C=O) groups excluding carboxylic acids is 1. The van der Waals surface area contributed by atoms with E-state index in [1.807, 2.05) is 42.5 Å². The fraction of sp³-hybridized carbons (Fsp3) is 0.150. The topological polar surface area (TPSA) is 104 Å². The molecule has 9 nitrogen and oxygen atoms in total. The van der Waals surface area contributed by atoms with Crippen LogP contribution in [-0.2, 0) is 11.3 Å². The van der Waals surface area contributed by atoms with Crippen molar-refractivity contribution in [2.75, 3.05) is 13.2 Å². The summed E-state index contributed by atoms with van der Waals surface area (Å²) in [6.07, 6.45) is 2.87. The predicted octanol–water partition coefficient (Wildman–Crippen LogP) is 1.17. The number of fused-ring (bicyclic) bond motifs is 1. The molecule has 2 heterocycles. The highest BCUT2D eigenvalue weighted by atomic mass is 16.5. The lowest BCUT2D eigenvalue weighted by Crippen LogP contribution is -2.34. The van der Waals surface area contributed by atoms with Gasteiger partial charge in [0.1, 0.15) is 18.4 Å². The molecule has 1 amide bonds. The summed E-state index contributed by atoms with van der Waals surface area (Å²) in [5.41, 5.74) is -0.268. The molecule has 0 atom stereocenters. The van der Waals surface area contributed by atoms with E-state index in [0.29, 0.717) is 11.6 Å². The SMILES string of the molecule is O=C(COc1ccc2ccccc2c1)NCCn1nc(-n2cncn2)ccc1=O. The number of carbonyl (C=O) groups is 1. The molecule has 0 radical (unpaired) electrons. The third-order valence-corrected chi connectivity index (χ3v) is 4.24. The second-order valence-electron chi connectivity index (χ2n) is 6.24. The first-order chi connectivity index (χ1) is 14.2. The van der Waals surface area contributed by atoms with E-state index in [2.05, 4.69) is 20.5 Å². The van der Waals surface area contributed by atoms with Gasteiger partial charge in [0.05, 0.1) is 6.54 Å². The van der Waals surface area contributed by atoms with Gasteiger partial charge in [-0.25, -0.2) is 14.3 Å². The molecule has 0 aliphatic rings. The maximum Gasteiger partial charge on any atom is 0.266 e. The Hall–Kier alpha value is -4.01. The second-order valence-corrected chi connectivity index (χ2v) is 6.24. The number of benzene rings is 2. The highest BCUT2D eigenvalue weighted by molar-refractivity contribution is 5.84. The van der Waals surface area contributed by atoms with Gasteiger partial charge in [0, 0.05) is 12.6 Å². The molecular formula is C20H18N6O3. The van der Waals surface area contributed by atoms with E-state index in [1.165, 1.54) is 28.1 Å². The van der Waals surface area contributed by atoms with Crippen molar-refractivity contribution in [3.63, 3.8) is 0 Å². The Labute approximate surface area is 165 Å². The van der Waals surface area contributed by atoms with Crippen LogP contribution < -0.4 is 15.6 Å². The minimum absolute atomic E-state index is 0.111. The van der Waals surface area contributed by atoms with Crippen LogP contribution in [0.3, 0.4) is 0 Å². The Morgan fingerprint density at radius 3 is 2.76 bits per heavy atom. The van der Waals surface area contributed by atoms with E-state index in [0.717, 1.165) is 10.8 Å². The first-order valence-corrected chi connectivity index (χ1v) is 9.00. The molecule has 9 heteroatoms. The maximum absolute atomic E-state index is 12.0. The standard InChI is InChI=1S/C20H18N6O3/c27-19(12-29-17-6-5-15-3-1-2-4-16(15)11-17)22-9-10-25-20(28)8-7-18(24-25)26-14-21-13-23-26/h1-8,11,13-14H,9-10,12H2,(H,22,27). The minimum Gasteiger partial charge on any atom is -0.484 e. The van der Waals surface area contributed by atoms with E-state index in [9.17, 15) is 9.59 Å². The van der Waals surface area contributed by atoms with Gasteiger partial charge in [0.15, 0.2) is 12.4 Å². The van der Waals surface area contributed by atoms with Gasteiger partial charge in [-0.2, -0.15) is 5.10 Å². The summed E-state index contributed by atoms with van der Waals surface area (Å²) in [6.45, 7) is 0.358. The zero-order valence-electron chi connectivity index (χ0n) is 15.4. The Balaban J connectivity index is 1.29. The third-order valence-electron chi connectivity index (χ3n) is 4.24. The average molecular weight is 390 g/mol. The summed E-state index contributed by atoms with van der Waals surface area (Å²) >= 11 is 0. The molecule has 0 aliphatic carbocycles. The largest absolute Gasteiger partial charge is 0.484 e. The van der Waals surface area contributed by atoms with E-state index in [1.54, 1.807) is 6.07 Å². The van der Waals surface area contributed by atoms with Gasteiger partial charge < -0.3 is 10.1 Å². The fourth-order valence-corrected chi connectivity index (χ4v) is 2.81. The molecular weight excluding hydrogens is 372 g/mol. The summed E-state index contributed by atoms with van der Waals surface area (Å²) in [5, 5.41) is 13.1. The molecule has 2 aromatic carbocycles. The van der Waals surface area contributed by atoms with Crippen LogP contribution >= 0.6 is 0 Å². The second kappa shape index (κ2) is 8.34. The molecule has 0 saturated heterocycles. The number of nitrogens with zero attached hydrogens (tertiary/aromatic N) is 5. The maximum atomic E-state index is 12.0. The zero-order valence-corrected chi connectivity index (χ0v) is 15.4. The fourth-order valence-electron chi connectivity index (χ4n) is 2.81. The predicted molar refractivity (Wildman–Crippen MR) is 106 cm³/mol. The Morgan fingerprint density at radius 1 is 1.07 bits per heavy atom. The van der Waals surface area contributed by atoms with Gasteiger partial charge in [-0.3, -0.25) is 9.59 Å². The lowest BCUT2D eigenvalue weighted by atomic mass is 10.1. The van der Waals surface area contributed by atoms with E-state index >= 15 is 0 Å². The monoisotopic (exact) mass is 390 g/mol. The van der Waals surface area contributed by atoms with Crippen LogP contribution in [0.2, 0.25) is 0 Å². The van der Waals surface area contributed by atoms with Gasteiger partial charge in [-0.1, -0.05) is 30.3 Å². The van der Waals surface area contributed by atoms with Crippen LogP contribution in [0.25, 0.3) is 16.6 Å². The van der Waals surface area contributed by atoms with Crippen LogP contribution in [0.1, 0.15) is 0 Å². The van der Waals surface area contributed by atoms with Gasteiger partial charge in [0.2, 0.25) is 0 Å². The summed E-state index contributed by atoms with van der Waals surface area (Å²) < 4.78 is 8.27. The van der Waals surface area contributed by atoms with Crippen molar-refractivity contribution in [1.82, 2.24) is 29.9 Å². The molecule has 29 heavy (non-hydrogen) atoms. The lowest BCUT2D eigenvalue weighted by Gasteiger charge is -2.09. The van der Waals surface area contributed by atoms with Gasteiger partial charge >= 0.3 is 0 Å². The molecule has 0 saturated carbocycles. The van der Waals surface area contributed by atoms with Crippen molar-refractivity contribution in [2.45, 2.75) is 6.54 Å². The van der Waals surface area contributed by atoms with Crippen LogP contribution in [0.4, 0.5) is 0 Å². The van der Waals surface area contributed by atoms with E-state index in [4.69, 9.17) is 4.74 Å². The molecule has 0 aliphatic heterocycles. The molecule has 0 unspecified atom stereocenters. The number of hydrogen-bond acceptors (Lipinski definition) is 6. The molecule has 2 aromatic heterocycles. The molecule has 1 N–H and O–H groups in total. The van der Waals surface area contributed by atoms with E-state index in [-0.39, 0.29) is 31.2 Å². The van der Waals surface area contributed by atoms with Gasteiger partial charge in [0.25, 0.3) is 11.5 Å². The Morgan fingerprint density at radius 2 is 1.93 bits per heavy atom.